The van der Waals surface area contributed by atoms with E-state index < -0.39 is 24.4 Å². The third-order valence-corrected chi connectivity index (χ3v) is 5.78. The Labute approximate surface area is 188 Å². The fraction of sp³-hybridized carbons (Fsp3) is 0.333. The smallest absolute Gasteiger partial charge is 0.492 e. The summed E-state index contributed by atoms with van der Waals surface area (Å²) in [5.41, 5.74) is 0.838. The van der Waals surface area contributed by atoms with E-state index in [4.69, 9.17) is 14.0 Å². The molecule has 3 rings (SSSR count). The quantitative estimate of drug-likeness (QED) is 0.500. The highest BCUT2D eigenvalue weighted by Crippen LogP contribution is 2.39. The van der Waals surface area contributed by atoms with Gasteiger partial charge in [0, 0.05) is 17.7 Å². The molecule has 168 valence electrons. The number of hydrogen-bond acceptors (Lipinski definition) is 6. The molecule has 8 heteroatoms. The summed E-state index contributed by atoms with van der Waals surface area (Å²) in [6.07, 6.45) is 1.66. The molecule has 1 aliphatic rings. The molecule has 1 saturated heterocycles. The Hall–Kier alpha value is -3.10. The van der Waals surface area contributed by atoms with Crippen molar-refractivity contribution in [2.24, 2.45) is 0 Å². The summed E-state index contributed by atoms with van der Waals surface area (Å²) in [4.78, 5) is 23.8. The van der Waals surface area contributed by atoms with Crippen molar-refractivity contribution in [3.05, 3.63) is 70.7 Å². The molecule has 0 saturated carbocycles. The first-order valence-electron chi connectivity index (χ1n) is 10.4. The SMILES string of the molecule is CC1(C)OB(C(=Cc2c(O)cccc2C=O)CNC(=O)OCc2ccccc2)OC1(C)C. The van der Waals surface area contributed by atoms with E-state index in [9.17, 15) is 14.7 Å². The summed E-state index contributed by atoms with van der Waals surface area (Å²) in [6.45, 7) is 7.85. The minimum Gasteiger partial charge on any atom is -0.507 e. The molecule has 2 N–H and O–H groups in total. The van der Waals surface area contributed by atoms with E-state index in [1.807, 2.05) is 58.0 Å². The fourth-order valence-corrected chi connectivity index (χ4v) is 3.16. The van der Waals surface area contributed by atoms with Crippen LogP contribution in [0.5, 0.6) is 5.75 Å². The predicted molar refractivity (Wildman–Crippen MR) is 122 cm³/mol. The van der Waals surface area contributed by atoms with Crippen LogP contribution in [0.4, 0.5) is 4.79 Å². The molecule has 0 aliphatic carbocycles. The van der Waals surface area contributed by atoms with Gasteiger partial charge in [0.15, 0.2) is 6.29 Å². The Kier molecular flexibility index (Phi) is 7.06. The molecular formula is C24H28BNO6. The number of carbonyl (C=O) groups is 2. The second-order valence-electron chi connectivity index (χ2n) is 8.62. The molecule has 32 heavy (non-hydrogen) atoms. The fourth-order valence-electron chi connectivity index (χ4n) is 3.16. The van der Waals surface area contributed by atoms with Gasteiger partial charge in [0.1, 0.15) is 12.4 Å². The molecule has 2 aromatic rings. The molecule has 0 radical (unpaired) electrons. The topological polar surface area (TPSA) is 94.1 Å². The molecule has 2 aromatic carbocycles. The highest BCUT2D eigenvalue weighted by atomic mass is 16.7. The first kappa shape index (κ1) is 23.6. The van der Waals surface area contributed by atoms with Gasteiger partial charge in [-0.15, -0.1) is 0 Å². The number of rotatable bonds is 7. The van der Waals surface area contributed by atoms with Gasteiger partial charge in [-0.2, -0.15) is 0 Å². The molecule has 0 bridgehead atoms. The van der Waals surface area contributed by atoms with Crippen molar-refractivity contribution in [1.82, 2.24) is 5.32 Å². The molecule has 1 aliphatic heterocycles. The van der Waals surface area contributed by atoms with Crippen LogP contribution >= 0.6 is 0 Å². The Morgan fingerprint density at radius 1 is 1.06 bits per heavy atom. The van der Waals surface area contributed by atoms with Crippen LogP contribution in [0.25, 0.3) is 6.08 Å². The number of aldehydes is 1. The molecule has 1 heterocycles. The minimum absolute atomic E-state index is 0.0388. The lowest BCUT2D eigenvalue weighted by atomic mass is 9.76. The lowest BCUT2D eigenvalue weighted by molar-refractivity contribution is 0.00578. The van der Waals surface area contributed by atoms with Crippen LogP contribution in [0.15, 0.2) is 54.0 Å². The van der Waals surface area contributed by atoms with Gasteiger partial charge in [-0.3, -0.25) is 4.79 Å². The van der Waals surface area contributed by atoms with E-state index in [-0.39, 0.29) is 18.9 Å². The second kappa shape index (κ2) is 9.59. The van der Waals surface area contributed by atoms with E-state index in [1.54, 1.807) is 18.2 Å². The van der Waals surface area contributed by atoms with Crippen LogP contribution in [0.1, 0.15) is 49.2 Å². The average molecular weight is 437 g/mol. The number of hydrogen-bond donors (Lipinski definition) is 2. The van der Waals surface area contributed by atoms with Gasteiger partial charge in [-0.1, -0.05) is 48.5 Å². The number of phenolic OH excluding ortho intramolecular Hbond substituents is 1. The first-order valence-corrected chi connectivity index (χ1v) is 10.4. The lowest BCUT2D eigenvalue weighted by Crippen LogP contribution is -2.41. The van der Waals surface area contributed by atoms with Crippen LogP contribution in [-0.2, 0) is 20.7 Å². The van der Waals surface area contributed by atoms with E-state index in [0.717, 1.165) is 5.56 Å². The lowest BCUT2D eigenvalue weighted by Gasteiger charge is -2.32. The largest absolute Gasteiger partial charge is 0.507 e. The van der Waals surface area contributed by atoms with E-state index in [2.05, 4.69) is 5.32 Å². The van der Waals surface area contributed by atoms with Crippen LogP contribution in [0.2, 0.25) is 0 Å². The molecule has 0 atom stereocenters. The Balaban J connectivity index is 1.80. The number of amides is 1. The Bertz CT molecular complexity index is 987. The Morgan fingerprint density at radius 2 is 1.72 bits per heavy atom. The van der Waals surface area contributed by atoms with Crippen molar-refractivity contribution in [3.8, 4) is 5.75 Å². The first-order chi connectivity index (χ1) is 15.1. The van der Waals surface area contributed by atoms with Crippen LogP contribution < -0.4 is 5.32 Å². The molecule has 0 spiro atoms. The van der Waals surface area contributed by atoms with Gasteiger partial charge in [0.2, 0.25) is 0 Å². The summed E-state index contributed by atoms with van der Waals surface area (Å²) in [5, 5.41) is 13.0. The van der Waals surface area contributed by atoms with Gasteiger partial charge >= 0.3 is 13.2 Å². The van der Waals surface area contributed by atoms with Gasteiger partial charge < -0.3 is 24.5 Å². The van der Waals surface area contributed by atoms with Crippen LogP contribution in [0, 0.1) is 0 Å². The normalized spacial score (nSPS) is 17.1. The summed E-state index contributed by atoms with van der Waals surface area (Å²) in [6, 6.07) is 14.0. The monoisotopic (exact) mass is 437 g/mol. The molecule has 0 unspecified atom stereocenters. The minimum atomic E-state index is -0.784. The number of benzene rings is 2. The van der Waals surface area contributed by atoms with Crippen molar-refractivity contribution in [1.29, 1.82) is 0 Å². The standard InChI is InChI=1S/C24H28BNO6/c1-23(2)24(3,4)32-25(31-23)19(13-20-18(15-27)11-8-12-21(20)28)14-26-22(29)30-16-17-9-6-5-7-10-17/h5-13,15,28H,14,16H2,1-4H3,(H,26,29). The van der Waals surface area contributed by atoms with E-state index in [0.29, 0.717) is 22.9 Å². The Morgan fingerprint density at radius 3 is 2.34 bits per heavy atom. The van der Waals surface area contributed by atoms with E-state index >= 15 is 0 Å². The zero-order valence-corrected chi connectivity index (χ0v) is 18.8. The van der Waals surface area contributed by atoms with Crippen molar-refractivity contribution < 1.29 is 28.7 Å². The zero-order chi connectivity index (χ0) is 23.4. The van der Waals surface area contributed by atoms with E-state index in [1.165, 1.54) is 6.07 Å². The number of carbonyl (C=O) groups excluding carboxylic acids is 2. The van der Waals surface area contributed by atoms with Crippen molar-refractivity contribution >= 4 is 25.6 Å². The molecular weight excluding hydrogens is 409 g/mol. The molecule has 0 aromatic heterocycles. The number of aromatic hydroxyl groups is 1. The van der Waals surface area contributed by atoms with Gasteiger partial charge in [0.25, 0.3) is 0 Å². The van der Waals surface area contributed by atoms with Crippen molar-refractivity contribution in [2.45, 2.75) is 45.5 Å². The van der Waals surface area contributed by atoms with Crippen molar-refractivity contribution in [3.63, 3.8) is 0 Å². The van der Waals surface area contributed by atoms with Gasteiger partial charge in [0.05, 0.1) is 11.2 Å². The summed E-state index contributed by atoms with van der Waals surface area (Å²) < 4.78 is 17.5. The maximum absolute atomic E-state index is 12.3. The number of phenols is 1. The molecule has 1 fully saturated rings. The zero-order valence-electron chi connectivity index (χ0n) is 18.8. The summed E-state index contributed by atoms with van der Waals surface area (Å²) in [5.74, 6) is -0.0599. The maximum atomic E-state index is 12.3. The maximum Gasteiger partial charge on any atom is 0.492 e. The van der Waals surface area contributed by atoms with Crippen LogP contribution in [-0.4, -0.2) is 42.4 Å². The summed E-state index contributed by atoms with van der Waals surface area (Å²) >= 11 is 0. The van der Waals surface area contributed by atoms with Crippen molar-refractivity contribution in [2.75, 3.05) is 6.54 Å². The average Bonchev–Trinajstić information content (AvgIpc) is 2.98. The number of ether oxygens (including phenoxy) is 1. The van der Waals surface area contributed by atoms with Crippen LogP contribution in [0.3, 0.4) is 0 Å². The third kappa shape index (κ3) is 5.38. The van der Waals surface area contributed by atoms with Gasteiger partial charge in [-0.25, -0.2) is 4.79 Å². The summed E-state index contributed by atoms with van der Waals surface area (Å²) in [7, 11) is -0.784. The van der Waals surface area contributed by atoms with Gasteiger partial charge in [-0.05, 0) is 44.8 Å². The predicted octanol–water partition coefficient (Wildman–Crippen LogP) is 4.15. The third-order valence-electron chi connectivity index (χ3n) is 5.78. The number of alkyl carbamates (subject to hydrolysis) is 1. The molecule has 7 nitrogen and oxygen atoms in total. The number of nitrogens with one attached hydrogen (secondary N) is 1. The highest BCUT2D eigenvalue weighted by Gasteiger charge is 2.52. The second-order valence-corrected chi connectivity index (χ2v) is 8.62. The molecule has 1 amide bonds. The highest BCUT2D eigenvalue weighted by molar-refractivity contribution is 6.56.